The first-order chi connectivity index (χ1) is 15.0. The van der Waals surface area contributed by atoms with Gasteiger partial charge in [0.15, 0.2) is 0 Å². The first-order valence-electron chi connectivity index (χ1n) is 10.2. The Kier molecular flexibility index (Phi) is 4.32. The van der Waals surface area contributed by atoms with Crippen LogP contribution in [0.2, 0.25) is 0 Å². The van der Waals surface area contributed by atoms with Gasteiger partial charge in [-0.25, -0.2) is 4.79 Å². The Morgan fingerprint density at radius 2 is 1.65 bits per heavy atom. The lowest BCUT2D eigenvalue weighted by Crippen LogP contribution is -2.42. The third kappa shape index (κ3) is 2.74. The van der Waals surface area contributed by atoms with E-state index in [-0.39, 0.29) is 30.8 Å². The quantitative estimate of drug-likeness (QED) is 0.591. The first kappa shape index (κ1) is 19.3. The van der Waals surface area contributed by atoms with Crippen molar-refractivity contribution in [3.8, 4) is 5.75 Å². The molecule has 1 aliphatic carbocycles. The highest BCUT2D eigenvalue weighted by molar-refractivity contribution is 6.21. The molecule has 1 spiro atoms. The molecule has 2 aromatic carbocycles. The summed E-state index contributed by atoms with van der Waals surface area (Å²) < 4.78 is 5.29. The molecular formula is C23H21N3O5. The Labute approximate surface area is 178 Å². The average molecular weight is 419 g/mol. The number of hydrogen-bond acceptors (Lipinski definition) is 5. The van der Waals surface area contributed by atoms with Gasteiger partial charge in [0.1, 0.15) is 11.3 Å². The minimum absolute atomic E-state index is 0.124. The third-order valence-electron chi connectivity index (χ3n) is 6.36. The van der Waals surface area contributed by atoms with Crippen LogP contribution in [-0.2, 0) is 16.8 Å². The first-order valence-corrected chi connectivity index (χ1v) is 10.2. The zero-order valence-electron chi connectivity index (χ0n) is 17.0. The summed E-state index contributed by atoms with van der Waals surface area (Å²) >= 11 is 0. The van der Waals surface area contributed by atoms with Gasteiger partial charge in [-0.3, -0.25) is 24.2 Å². The summed E-state index contributed by atoms with van der Waals surface area (Å²) in [5.74, 6) is -0.352. The van der Waals surface area contributed by atoms with Crippen LogP contribution in [0.4, 0.5) is 4.79 Å². The lowest BCUT2D eigenvalue weighted by atomic mass is 9.91. The molecule has 0 radical (unpaired) electrons. The molecule has 3 aliphatic rings. The second-order valence-electron chi connectivity index (χ2n) is 7.98. The lowest BCUT2D eigenvalue weighted by molar-refractivity contribution is -0.131. The van der Waals surface area contributed by atoms with Crippen molar-refractivity contribution >= 4 is 23.8 Å². The molecule has 1 unspecified atom stereocenters. The van der Waals surface area contributed by atoms with Gasteiger partial charge in [-0.05, 0) is 54.7 Å². The fourth-order valence-electron chi connectivity index (χ4n) is 4.76. The summed E-state index contributed by atoms with van der Waals surface area (Å²) in [4.78, 5) is 53.3. The number of carbonyl (C=O) groups is 4. The van der Waals surface area contributed by atoms with Crippen LogP contribution < -0.4 is 10.1 Å². The number of nitrogens with zero attached hydrogens (tertiary/aromatic N) is 2. The monoisotopic (exact) mass is 419 g/mol. The maximum Gasteiger partial charge on any atom is 0.325 e. The Hall–Kier alpha value is -3.68. The molecule has 1 saturated heterocycles. The highest BCUT2D eigenvalue weighted by atomic mass is 16.5. The summed E-state index contributed by atoms with van der Waals surface area (Å²) in [7, 11) is 1.56. The zero-order chi connectivity index (χ0) is 21.8. The van der Waals surface area contributed by atoms with Gasteiger partial charge < -0.3 is 10.1 Å². The summed E-state index contributed by atoms with van der Waals surface area (Å²) in [5, 5.41) is 2.88. The Bertz CT molecular complexity index is 1110. The molecule has 5 rings (SSSR count). The number of fused-ring (bicyclic) bond motifs is 3. The number of aryl methyl sites for hydroxylation is 1. The minimum Gasteiger partial charge on any atom is -0.497 e. The number of rotatable bonds is 5. The maximum absolute atomic E-state index is 13.3. The van der Waals surface area contributed by atoms with Gasteiger partial charge in [-0.15, -0.1) is 0 Å². The van der Waals surface area contributed by atoms with E-state index in [0.29, 0.717) is 36.1 Å². The average Bonchev–Trinajstić information content (AvgIpc) is 3.35. The molecule has 8 heteroatoms. The smallest absolute Gasteiger partial charge is 0.325 e. The van der Waals surface area contributed by atoms with E-state index in [1.165, 1.54) is 9.80 Å². The van der Waals surface area contributed by atoms with Crippen LogP contribution in [0.5, 0.6) is 5.75 Å². The van der Waals surface area contributed by atoms with Gasteiger partial charge in [0.2, 0.25) is 0 Å². The molecular weight excluding hydrogens is 398 g/mol. The fraction of sp³-hybridized carbons (Fsp3) is 0.304. The Morgan fingerprint density at radius 3 is 2.32 bits per heavy atom. The molecule has 1 atom stereocenters. The molecule has 2 aromatic rings. The second kappa shape index (κ2) is 6.94. The number of ether oxygens (including phenoxy) is 1. The highest BCUT2D eigenvalue weighted by Crippen LogP contribution is 2.42. The van der Waals surface area contributed by atoms with Crippen molar-refractivity contribution in [1.82, 2.24) is 15.1 Å². The Balaban J connectivity index is 1.30. The number of carbonyl (C=O) groups excluding carboxylic acids is 4. The van der Waals surface area contributed by atoms with Crippen LogP contribution in [-0.4, -0.2) is 53.8 Å². The van der Waals surface area contributed by atoms with E-state index in [2.05, 4.69) is 5.32 Å². The van der Waals surface area contributed by atoms with Gasteiger partial charge in [0, 0.05) is 13.1 Å². The molecule has 2 heterocycles. The van der Waals surface area contributed by atoms with Crippen molar-refractivity contribution in [3.05, 3.63) is 64.7 Å². The molecule has 1 N–H and O–H groups in total. The summed E-state index contributed by atoms with van der Waals surface area (Å²) in [5.41, 5.74) is 1.49. The maximum atomic E-state index is 13.3. The van der Waals surface area contributed by atoms with Gasteiger partial charge in [0.25, 0.3) is 17.7 Å². The molecule has 5 amide bonds. The number of urea groups is 1. The van der Waals surface area contributed by atoms with Crippen LogP contribution in [0, 0.1) is 0 Å². The molecule has 0 bridgehead atoms. The van der Waals surface area contributed by atoms with E-state index < -0.39 is 11.6 Å². The van der Waals surface area contributed by atoms with Crippen LogP contribution in [0.3, 0.4) is 0 Å². The number of nitrogens with one attached hydrogen (secondary N) is 1. The Morgan fingerprint density at radius 1 is 0.968 bits per heavy atom. The number of benzene rings is 2. The van der Waals surface area contributed by atoms with Crippen LogP contribution in [0.15, 0.2) is 42.5 Å². The van der Waals surface area contributed by atoms with Gasteiger partial charge in [0.05, 0.1) is 18.2 Å². The standard InChI is InChI=1S/C23H21N3O5/c1-31-15-8-7-14-9-10-23(18(14)13-15)21(29)26(22(30)24-23)12-4-11-25-19(27)16-5-2-3-6-17(16)20(25)28/h2-3,5-8,13H,4,9-12H2,1H3,(H,24,30). The fourth-order valence-corrected chi connectivity index (χ4v) is 4.76. The van der Waals surface area contributed by atoms with Gasteiger partial charge in [-0.2, -0.15) is 0 Å². The minimum atomic E-state index is -1.07. The zero-order valence-corrected chi connectivity index (χ0v) is 17.0. The normalized spacial score (nSPS) is 21.7. The second-order valence-corrected chi connectivity index (χ2v) is 7.98. The molecule has 8 nitrogen and oxygen atoms in total. The van der Waals surface area contributed by atoms with Gasteiger partial charge in [-0.1, -0.05) is 18.2 Å². The SMILES string of the molecule is COc1ccc2c(c1)C1(CC2)NC(=O)N(CCCN2C(=O)c3ccccc3C2=O)C1=O. The molecule has 158 valence electrons. The molecule has 0 saturated carbocycles. The summed E-state index contributed by atoms with van der Waals surface area (Å²) in [6.45, 7) is 0.264. The highest BCUT2D eigenvalue weighted by Gasteiger charge is 2.55. The summed E-state index contributed by atoms with van der Waals surface area (Å²) in [6, 6.07) is 11.8. The molecule has 2 aliphatic heterocycles. The van der Waals surface area contributed by atoms with Crippen LogP contribution >= 0.6 is 0 Å². The summed E-state index contributed by atoms with van der Waals surface area (Å²) in [6.07, 6.45) is 1.49. The molecule has 1 fully saturated rings. The predicted molar refractivity (Wildman–Crippen MR) is 110 cm³/mol. The van der Waals surface area contributed by atoms with Crippen molar-refractivity contribution in [2.45, 2.75) is 24.8 Å². The van der Waals surface area contributed by atoms with Crippen molar-refractivity contribution in [2.24, 2.45) is 0 Å². The van der Waals surface area contributed by atoms with Crippen molar-refractivity contribution in [2.75, 3.05) is 20.2 Å². The van der Waals surface area contributed by atoms with Gasteiger partial charge >= 0.3 is 6.03 Å². The van der Waals surface area contributed by atoms with E-state index in [4.69, 9.17) is 4.74 Å². The van der Waals surface area contributed by atoms with E-state index in [9.17, 15) is 19.2 Å². The number of methoxy groups -OCH3 is 1. The van der Waals surface area contributed by atoms with Crippen molar-refractivity contribution < 1.29 is 23.9 Å². The molecule has 0 aromatic heterocycles. The largest absolute Gasteiger partial charge is 0.497 e. The van der Waals surface area contributed by atoms with E-state index >= 15 is 0 Å². The van der Waals surface area contributed by atoms with Crippen molar-refractivity contribution in [3.63, 3.8) is 0 Å². The predicted octanol–water partition coefficient (Wildman–Crippen LogP) is 2.07. The number of amides is 5. The number of imide groups is 2. The molecule has 31 heavy (non-hydrogen) atoms. The van der Waals surface area contributed by atoms with E-state index in [1.54, 1.807) is 31.4 Å². The van der Waals surface area contributed by atoms with Crippen LogP contribution in [0.1, 0.15) is 44.7 Å². The van der Waals surface area contributed by atoms with E-state index in [1.807, 2.05) is 18.2 Å². The van der Waals surface area contributed by atoms with Crippen LogP contribution in [0.25, 0.3) is 0 Å². The van der Waals surface area contributed by atoms with E-state index in [0.717, 1.165) is 11.1 Å². The topological polar surface area (TPSA) is 96.0 Å². The lowest BCUT2D eigenvalue weighted by Gasteiger charge is -2.23. The third-order valence-corrected chi connectivity index (χ3v) is 6.36. The number of hydrogen-bond donors (Lipinski definition) is 1. The van der Waals surface area contributed by atoms with Crippen molar-refractivity contribution in [1.29, 1.82) is 0 Å².